The summed E-state index contributed by atoms with van der Waals surface area (Å²) in [6, 6.07) is 0.914. The first-order valence-corrected chi connectivity index (χ1v) is 5.69. The number of hydrogen-bond donors (Lipinski definition) is 0. The molecule has 1 unspecified atom stereocenters. The van der Waals surface area contributed by atoms with Crippen molar-refractivity contribution in [3.8, 4) is 0 Å². The van der Waals surface area contributed by atoms with Crippen molar-refractivity contribution in [2.24, 2.45) is 0 Å². The molecule has 1 rings (SSSR count). The first-order valence-electron chi connectivity index (χ1n) is 4.25. The molecule has 1 fully saturated rings. The minimum atomic E-state index is 0.914. The maximum atomic E-state index is 2.51. The summed E-state index contributed by atoms with van der Waals surface area (Å²) in [5.74, 6) is 0. The fourth-order valence-corrected chi connectivity index (χ4v) is 2.27. The van der Waals surface area contributed by atoms with E-state index in [2.05, 4.69) is 18.4 Å². The molecule has 10 heavy (non-hydrogen) atoms. The fraction of sp³-hybridized carbons (Fsp3) is 1.00. The van der Waals surface area contributed by atoms with Gasteiger partial charge in [0, 0.05) is 6.04 Å². The van der Waals surface area contributed by atoms with Crippen LogP contribution in [0.4, 0.5) is 0 Å². The van der Waals surface area contributed by atoms with E-state index in [0.717, 1.165) is 14.8 Å². The van der Waals surface area contributed by atoms with E-state index in [0.29, 0.717) is 0 Å². The van der Waals surface area contributed by atoms with Crippen LogP contribution in [-0.4, -0.2) is 24.4 Å². The number of hydrogen-bond acceptors (Lipinski definition) is 1. The van der Waals surface area contributed by atoms with Crippen LogP contribution >= 0.6 is 8.73 Å². The highest BCUT2D eigenvalue weighted by molar-refractivity contribution is 7.34. The van der Waals surface area contributed by atoms with Crippen LogP contribution in [0, 0.1) is 0 Å². The van der Waals surface area contributed by atoms with Crippen molar-refractivity contribution in [3.63, 3.8) is 0 Å². The Morgan fingerprint density at radius 1 is 1.20 bits per heavy atom. The normalized spacial score (nSPS) is 23.1. The molecular weight excluding hydrogens is 141 g/mol. The van der Waals surface area contributed by atoms with Gasteiger partial charge in [0.1, 0.15) is 0 Å². The molecule has 1 aliphatic rings. The summed E-state index contributed by atoms with van der Waals surface area (Å²) in [4.78, 5) is 0. The Bertz CT molecular complexity index is 89.3. The van der Waals surface area contributed by atoms with Crippen molar-refractivity contribution in [2.45, 2.75) is 38.1 Å². The SMILES string of the molecule is CPN(C)C1CCCCC1. The quantitative estimate of drug-likeness (QED) is 0.559. The highest BCUT2D eigenvalue weighted by atomic mass is 31.1. The number of nitrogens with zero attached hydrogens (tertiary/aromatic N) is 1. The Kier molecular flexibility index (Phi) is 3.65. The van der Waals surface area contributed by atoms with Crippen LogP contribution in [0.2, 0.25) is 0 Å². The van der Waals surface area contributed by atoms with Gasteiger partial charge >= 0.3 is 0 Å². The lowest BCUT2D eigenvalue weighted by Crippen LogP contribution is -2.26. The molecule has 1 atom stereocenters. The highest BCUT2D eigenvalue weighted by Gasteiger charge is 2.15. The minimum absolute atomic E-state index is 0.914. The van der Waals surface area contributed by atoms with Crippen LogP contribution in [0.3, 0.4) is 0 Å². The molecule has 0 amide bonds. The van der Waals surface area contributed by atoms with Gasteiger partial charge in [0.15, 0.2) is 0 Å². The zero-order valence-electron chi connectivity index (χ0n) is 7.06. The second-order valence-corrected chi connectivity index (χ2v) is 4.28. The van der Waals surface area contributed by atoms with Gasteiger partial charge in [-0.15, -0.1) is 0 Å². The van der Waals surface area contributed by atoms with Crippen molar-refractivity contribution in [3.05, 3.63) is 0 Å². The molecule has 1 nitrogen and oxygen atoms in total. The molecule has 1 aliphatic carbocycles. The largest absolute Gasteiger partial charge is 0.285 e. The molecule has 0 aromatic carbocycles. The van der Waals surface area contributed by atoms with Gasteiger partial charge in [-0.05, 0) is 26.6 Å². The molecule has 0 spiro atoms. The zero-order valence-corrected chi connectivity index (χ0v) is 8.06. The summed E-state index contributed by atoms with van der Waals surface area (Å²) < 4.78 is 2.51. The van der Waals surface area contributed by atoms with Crippen molar-refractivity contribution < 1.29 is 0 Å². The summed E-state index contributed by atoms with van der Waals surface area (Å²) >= 11 is 0. The lowest BCUT2D eigenvalue weighted by atomic mass is 9.96. The summed E-state index contributed by atoms with van der Waals surface area (Å²) in [5, 5.41) is 0. The Morgan fingerprint density at radius 2 is 1.80 bits per heavy atom. The Morgan fingerprint density at radius 3 is 2.30 bits per heavy atom. The molecule has 2 heteroatoms. The zero-order chi connectivity index (χ0) is 7.40. The van der Waals surface area contributed by atoms with Crippen molar-refractivity contribution in [2.75, 3.05) is 13.7 Å². The summed E-state index contributed by atoms with van der Waals surface area (Å²) in [6.07, 6.45) is 7.27. The molecule has 0 heterocycles. The predicted molar refractivity (Wildman–Crippen MR) is 48.9 cm³/mol. The van der Waals surface area contributed by atoms with E-state index in [4.69, 9.17) is 0 Å². The maximum absolute atomic E-state index is 2.51. The molecule has 0 aromatic rings. The third kappa shape index (κ3) is 2.21. The van der Waals surface area contributed by atoms with Gasteiger partial charge < -0.3 is 0 Å². The van der Waals surface area contributed by atoms with Crippen molar-refractivity contribution >= 4 is 8.73 Å². The molecule has 0 radical (unpaired) electrons. The second kappa shape index (κ2) is 4.31. The molecular formula is C8H18NP. The number of rotatable bonds is 2. The smallest absolute Gasteiger partial charge is 0.0129 e. The van der Waals surface area contributed by atoms with Crippen molar-refractivity contribution in [1.29, 1.82) is 0 Å². The van der Waals surface area contributed by atoms with Crippen LogP contribution in [0.15, 0.2) is 0 Å². The van der Waals surface area contributed by atoms with E-state index < -0.39 is 0 Å². The third-order valence-electron chi connectivity index (χ3n) is 2.48. The average molecular weight is 159 g/mol. The average Bonchev–Trinajstić information content (AvgIpc) is 2.05. The van der Waals surface area contributed by atoms with E-state index in [1.165, 1.54) is 32.1 Å². The van der Waals surface area contributed by atoms with Crippen LogP contribution in [-0.2, 0) is 0 Å². The maximum Gasteiger partial charge on any atom is 0.0129 e. The standard InChI is InChI=1S/C8H18NP/c1-9(10-2)8-6-4-3-5-7-8/h8,10H,3-7H2,1-2H3. The Hall–Kier alpha value is 0.390. The Labute approximate surface area is 66.0 Å². The topological polar surface area (TPSA) is 3.24 Å². The molecule has 60 valence electrons. The van der Waals surface area contributed by atoms with Crippen molar-refractivity contribution in [1.82, 2.24) is 4.67 Å². The molecule has 1 saturated carbocycles. The summed E-state index contributed by atoms with van der Waals surface area (Å²) in [5.41, 5.74) is 0. The first-order chi connectivity index (χ1) is 4.84. The van der Waals surface area contributed by atoms with Gasteiger partial charge in [-0.25, -0.2) is 0 Å². The van der Waals surface area contributed by atoms with Gasteiger partial charge in [-0.1, -0.05) is 28.0 Å². The highest BCUT2D eigenvalue weighted by Crippen LogP contribution is 2.26. The second-order valence-electron chi connectivity index (χ2n) is 3.13. The summed E-state index contributed by atoms with van der Waals surface area (Å²) in [7, 11) is 3.25. The van der Waals surface area contributed by atoms with Crippen LogP contribution < -0.4 is 0 Å². The van der Waals surface area contributed by atoms with Gasteiger partial charge in [0.05, 0.1) is 0 Å². The van der Waals surface area contributed by atoms with E-state index in [1.54, 1.807) is 0 Å². The van der Waals surface area contributed by atoms with E-state index >= 15 is 0 Å². The van der Waals surface area contributed by atoms with E-state index in [1.807, 2.05) is 0 Å². The Balaban J connectivity index is 2.24. The van der Waals surface area contributed by atoms with Crippen LogP contribution in [0.25, 0.3) is 0 Å². The molecule has 0 bridgehead atoms. The van der Waals surface area contributed by atoms with Crippen LogP contribution in [0.1, 0.15) is 32.1 Å². The van der Waals surface area contributed by atoms with Gasteiger partial charge in [-0.2, -0.15) is 0 Å². The third-order valence-corrected chi connectivity index (χ3v) is 3.55. The first kappa shape index (κ1) is 8.49. The van der Waals surface area contributed by atoms with Gasteiger partial charge in [0.2, 0.25) is 0 Å². The molecule has 0 aromatic heterocycles. The molecule has 0 N–H and O–H groups in total. The summed E-state index contributed by atoms with van der Waals surface area (Å²) in [6.45, 7) is 2.27. The van der Waals surface area contributed by atoms with E-state index in [-0.39, 0.29) is 0 Å². The fourth-order valence-electron chi connectivity index (χ4n) is 1.65. The minimum Gasteiger partial charge on any atom is -0.285 e. The van der Waals surface area contributed by atoms with Gasteiger partial charge in [0.25, 0.3) is 0 Å². The lowest BCUT2D eigenvalue weighted by Gasteiger charge is -2.29. The molecule has 0 saturated heterocycles. The predicted octanol–water partition coefficient (Wildman–Crippen LogP) is 2.47. The van der Waals surface area contributed by atoms with Gasteiger partial charge in [-0.3, -0.25) is 4.67 Å². The van der Waals surface area contributed by atoms with E-state index in [9.17, 15) is 0 Å². The molecule has 0 aliphatic heterocycles. The monoisotopic (exact) mass is 159 g/mol. The lowest BCUT2D eigenvalue weighted by molar-refractivity contribution is 0.302. The van der Waals surface area contributed by atoms with Crippen LogP contribution in [0.5, 0.6) is 0 Å².